The van der Waals surface area contributed by atoms with Gasteiger partial charge in [-0.25, -0.2) is 0 Å². The van der Waals surface area contributed by atoms with Crippen LogP contribution in [0, 0.1) is 5.92 Å². The van der Waals surface area contributed by atoms with Crippen LogP contribution < -0.4 is 0 Å². The Bertz CT molecular complexity index is 613. The molecule has 0 amide bonds. The summed E-state index contributed by atoms with van der Waals surface area (Å²) >= 11 is 0. The Morgan fingerprint density at radius 2 is 1.43 bits per heavy atom. The average Bonchev–Trinajstić information content (AvgIpc) is 3.40. The molecule has 1 saturated carbocycles. The number of hydrogen-bond acceptors (Lipinski definition) is 3. The van der Waals surface area contributed by atoms with E-state index in [0.717, 1.165) is 6.42 Å². The molecule has 2 aromatic carbocycles. The van der Waals surface area contributed by atoms with Crippen molar-refractivity contribution in [3.8, 4) is 0 Å². The molecule has 1 saturated heterocycles. The van der Waals surface area contributed by atoms with E-state index in [1.165, 1.54) is 11.1 Å². The Kier molecular flexibility index (Phi) is 4.42. The molecule has 2 aliphatic rings. The molecule has 0 bridgehead atoms. The highest BCUT2D eigenvalue weighted by Gasteiger charge is 2.52. The van der Waals surface area contributed by atoms with Gasteiger partial charge in [0.25, 0.3) is 0 Å². The van der Waals surface area contributed by atoms with Gasteiger partial charge in [-0.1, -0.05) is 60.7 Å². The molecule has 23 heavy (non-hydrogen) atoms. The molecule has 4 rings (SSSR count). The number of fused-ring (bicyclic) bond motifs is 1. The van der Waals surface area contributed by atoms with Crippen LogP contribution in [-0.4, -0.2) is 24.9 Å². The van der Waals surface area contributed by atoms with Crippen molar-refractivity contribution in [2.24, 2.45) is 5.92 Å². The molecular weight excluding hydrogens is 288 g/mol. The summed E-state index contributed by atoms with van der Waals surface area (Å²) in [6.45, 7) is 1.88. The summed E-state index contributed by atoms with van der Waals surface area (Å²) in [5.41, 5.74) is 2.39. The summed E-state index contributed by atoms with van der Waals surface area (Å²) in [6, 6.07) is 20.6. The lowest BCUT2D eigenvalue weighted by molar-refractivity contribution is -0.152. The van der Waals surface area contributed by atoms with E-state index in [-0.39, 0.29) is 12.2 Å². The van der Waals surface area contributed by atoms with Crippen molar-refractivity contribution in [2.45, 2.75) is 37.9 Å². The molecule has 1 heterocycles. The van der Waals surface area contributed by atoms with Crippen LogP contribution in [0.4, 0.5) is 0 Å². The van der Waals surface area contributed by atoms with Crippen molar-refractivity contribution in [3.05, 3.63) is 71.8 Å². The number of benzene rings is 2. The maximum atomic E-state index is 6.22. The molecule has 0 unspecified atom stereocenters. The van der Waals surface area contributed by atoms with Crippen LogP contribution in [0.2, 0.25) is 0 Å². The van der Waals surface area contributed by atoms with E-state index >= 15 is 0 Å². The van der Waals surface area contributed by atoms with E-state index in [1.54, 1.807) is 0 Å². The second-order valence-corrected chi connectivity index (χ2v) is 6.37. The first-order valence-electron chi connectivity index (χ1n) is 8.33. The van der Waals surface area contributed by atoms with Crippen molar-refractivity contribution in [1.29, 1.82) is 0 Å². The van der Waals surface area contributed by atoms with Gasteiger partial charge in [-0.05, 0) is 17.5 Å². The van der Waals surface area contributed by atoms with E-state index in [1.807, 2.05) is 36.4 Å². The fourth-order valence-electron chi connectivity index (χ4n) is 3.23. The minimum Gasteiger partial charge on any atom is -0.375 e. The summed E-state index contributed by atoms with van der Waals surface area (Å²) in [4.78, 5) is 0. The Labute approximate surface area is 137 Å². The van der Waals surface area contributed by atoms with Gasteiger partial charge in [-0.15, -0.1) is 0 Å². The summed E-state index contributed by atoms with van der Waals surface area (Å²) in [5, 5.41) is 0. The Hall–Kier alpha value is -1.68. The number of hydrogen-bond donors (Lipinski definition) is 0. The van der Waals surface area contributed by atoms with Crippen molar-refractivity contribution in [2.75, 3.05) is 6.61 Å². The van der Waals surface area contributed by atoms with Gasteiger partial charge in [0, 0.05) is 5.92 Å². The highest BCUT2D eigenvalue weighted by Crippen LogP contribution is 2.44. The molecule has 0 spiro atoms. The molecule has 120 valence electrons. The Morgan fingerprint density at radius 3 is 2.09 bits per heavy atom. The third-order valence-electron chi connectivity index (χ3n) is 4.63. The predicted octanol–water partition coefficient (Wildman–Crippen LogP) is 3.58. The normalized spacial score (nSPS) is 29.0. The van der Waals surface area contributed by atoms with Crippen molar-refractivity contribution < 1.29 is 14.2 Å². The van der Waals surface area contributed by atoms with Gasteiger partial charge in [0.1, 0.15) is 6.10 Å². The molecule has 1 aliphatic heterocycles. The quantitative estimate of drug-likeness (QED) is 0.816. The van der Waals surface area contributed by atoms with Gasteiger partial charge in [0.15, 0.2) is 0 Å². The van der Waals surface area contributed by atoms with Crippen LogP contribution in [0.5, 0.6) is 0 Å². The second-order valence-electron chi connectivity index (χ2n) is 6.37. The standard InChI is InChI=1S/C20H22O3/c1-3-7-15(8-4-1)12-21-19-14-22-18-11-17(18)20(19)23-13-16-9-5-2-6-10-16/h1-10,17-20H,11-14H2/t17-,18+,19-,20-/m1/s1. The van der Waals surface area contributed by atoms with Crippen LogP contribution >= 0.6 is 0 Å². The molecule has 3 nitrogen and oxygen atoms in total. The minimum atomic E-state index is 0.0164. The lowest BCUT2D eigenvalue weighted by atomic mass is 10.1. The molecule has 0 radical (unpaired) electrons. The third kappa shape index (κ3) is 3.63. The summed E-state index contributed by atoms with van der Waals surface area (Å²) in [6.07, 6.45) is 1.64. The number of ether oxygens (including phenoxy) is 3. The van der Waals surface area contributed by atoms with Crippen LogP contribution in [0.15, 0.2) is 60.7 Å². The Morgan fingerprint density at radius 1 is 0.826 bits per heavy atom. The maximum Gasteiger partial charge on any atom is 0.108 e. The molecule has 3 heteroatoms. The minimum absolute atomic E-state index is 0.0164. The molecular formula is C20H22O3. The van der Waals surface area contributed by atoms with Crippen molar-refractivity contribution >= 4 is 0 Å². The molecule has 0 N–H and O–H groups in total. The average molecular weight is 310 g/mol. The largest absolute Gasteiger partial charge is 0.375 e. The van der Waals surface area contributed by atoms with Crippen molar-refractivity contribution in [3.63, 3.8) is 0 Å². The van der Waals surface area contributed by atoms with E-state index in [2.05, 4.69) is 24.3 Å². The summed E-state index contributed by atoms with van der Waals surface area (Å²) in [7, 11) is 0. The molecule has 1 aliphatic carbocycles. The molecule has 2 fully saturated rings. The van der Waals surface area contributed by atoms with Gasteiger partial charge >= 0.3 is 0 Å². The first kappa shape index (κ1) is 14.9. The van der Waals surface area contributed by atoms with Gasteiger partial charge in [-0.2, -0.15) is 0 Å². The highest BCUT2D eigenvalue weighted by atomic mass is 16.6. The van der Waals surface area contributed by atoms with Gasteiger partial charge in [-0.3, -0.25) is 0 Å². The lowest BCUT2D eigenvalue weighted by Gasteiger charge is -2.31. The fourth-order valence-corrected chi connectivity index (χ4v) is 3.23. The first-order valence-corrected chi connectivity index (χ1v) is 8.33. The predicted molar refractivity (Wildman–Crippen MR) is 87.9 cm³/mol. The number of rotatable bonds is 6. The second kappa shape index (κ2) is 6.83. The van der Waals surface area contributed by atoms with Gasteiger partial charge in [0.2, 0.25) is 0 Å². The van der Waals surface area contributed by atoms with Crippen molar-refractivity contribution in [1.82, 2.24) is 0 Å². The summed E-state index contributed by atoms with van der Waals surface area (Å²) < 4.78 is 18.2. The monoisotopic (exact) mass is 310 g/mol. The summed E-state index contributed by atoms with van der Waals surface area (Å²) in [5.74, 6) is 0.494. The van der Waals surface area contributed by atoms with Crippen LogP contribution in [-0.2, 0) is 27.4 Å². The van der Waals surface area contributed by atoms with Gasteiger partial charge in [0.05, 0.1) is 32.0 Å². The topological polar surface area (TPSA) is 27.7 Å². The van der Waals surface area contributed by atoms with E-state index in [0.29, 0.717) is 31.8 Å². The zero-order valence-electron chi connectivity index (χ0n) is 13.1. The highest BCUT2D eigenvalue weighted by molar-refractivity contribution is 5.14. The lowest BCUT2D eigenvalue weighted by Crippen LogP contribution is -2.41. The Balaban J connectivity index is 1.36. The molecule has 0 aromatic heterocycles. The zero-order chi connectivity index (χ0) is 15.5. The maximum absolute atomic E-state index is 6.22. The SMILES string of the molecule is c1ccc(CO[C@@H]2[C@@H]3C[C@@H]3OC[C@H]2OCc2ccccc2)cc1. The molecule has 2 aromatic rings. The van der Waals surface area contributed by atoms with E-state index < -0.39 is 0 Å². The zero-order valence-corrected chi connectivity index (χ0v) is 13.1. The van der Waals surface area contributed by atoms with Crippen LogP contribution in [0.25, 0.3) is 0 Å². The first-order chi connectivity index (χ1) is 11.4. The van der Waals surface area contributed by atoms with E-state index in [9.17, 15) is 0 Å². The fraction of sp³-hybridized carbons (Fsp3) is 0.400. The van der Waals surface area contributed by atoms with Crippen LogP contribution in [0.1, 0.15) is 17.5 Å². The molecule has 4 atom stereocenters. The van der Waals surface area contributed by atoms with Gasteiger partial charge < -0.3 is 14.2 Å². The third-order valence-corrected chi connectivity index (χ3v) is 4.63. The van der Waals surface area contributed by atoms with Crippen LogP contribution in [0.3, 0.4) is 0 Å². The smallest absolute Gasteiger partial charge is 0.108 e. The van der Waals surface area contributed by atoms with E-state index in [4.69, 9.17) is 14.2 Å².